The minimum atomic E-state index is 0.362. The number of piperidine rings is 1. The Hall–Kier alpha value is -0.120. The van der Waals surface area contributed by atoms with Gasteiger partial charge in [0, 0.05) is 13.2 Å². The van der Waals surface area contributed by atoms with Gasteiger partial charge in [-0.2, -0.15) is 0 Å². The molecule has 0 atom stereocenters. The van der Waals surface area contributed by atoms with Gasteiger partial charge in [-0.05, 0) is 57.5 Å². The maximum Gasteiger partial charge on any atom is 0.0597 e. The quantitative estimate of drug-likeness (QED) is 0.799. The van der Waals surface area contributed by atoms with E-state index in [1.807, 2.05) is 0 Å². The Bertz CT molecular complexity index is 196. The minimum absolute atomic E-state index is 0.362. The fourth-order valence-corrected chi connectivity index (χ4v) is 3.01. The third-order valence-corrected chi connectivity index (χ3v) is 4.26. The lowest BCUT2D eigenvalue weighted by Crippen LogP contribution is -2.34. The first kappa shape index (κ1) is 13.3. The van der Waals surface area contributed by atoms with Gasteiger partial charge in [0.25, 0.3) is 0 Å². The van der Waals surface area contributed by atoms with Crippen molar-refractivity contribution in [2.24, 2.45) is 5.92 Å². The second-order valence-electron chi connectivity index (χ2n) is 5.60. The molecule has 1 saturated carbocycles. The Morgan fingerprint density at radius 1 is 1.00 bits per heavy atom. The standard InChI is InChI=1S/C14H27NO2/c16-12-13-4-6-14(7-5-13)17-11-10-15-8-2-1-3-9-15/h13-14,16H,1-12H2. The van der Waals surface area contributed by atoms with Gasteiger partial charge in [0.1, 0.15) is 0 Å². The SMILES string of the molecule is OCC1CCC(OCCN2CCCCC2)CC1. The third kappa shape index (κ3) is 4.57. The molecule has 2 fully saturated rings. The lowest BCUT2D eigenvalue weighted by Gasteiger charge is -2.30. The van der Waals surface area contributed by atoms with E-state index in [4.69, 9.17) is 9.84 Å². The highest BCUT2D eigenvalue weighted by Crippen LogP contribution is 2.25. The average Bonchev–Trinajstić information content (AvgIpc) is 2.41. The van der Waals surface area contributed by atoms with Gasteiger partial charge in [-0.15, -0.1) is 0 Å². The van der Waals surface area contributed by atoms with E-state index in [-0.39, 0.29) is 0 Å². The Morgan fingerprint density at radius 2 is 1.71 bits per heavy atom. The molecule has 0 bridgehead atoms. The molecule has 0 aromatic heterocycles. The summed E-state index contributed by atoms with van der Waals surface area (Å²) in [6.07, 6.45) is 9.17. The van der Waals surface area contributed by atoms with Crippen LogP contribution in [0.15, 0.2) is 0 Å². The number of aliphatic hydroxyl groups excluding tert-OH is 1. The summed E-state index contributed by atoms with van der Waals surface area (Å²) in [6.45, 7) is 4.90. The summed E-state index contributed by atoms with van der Waals surface area (Å²) >= 11 is 0. The molecule has 0 radical (unpaired) electrons. The van der Waals surface area contributed by atoms with Crippen LogP contribution in [0.25, 0.3) is 0 Å². The average molecular weight is 241 g/mol. The molecule has 1 saturated heterocycles. The molecule has 1 aliphatic heterocycles. The van der Waals surface area contributed by atoms with Crippen molar-refractivity contribution in [2.45, 2.75) is 51.0 Å². The van der Waals surface area contributed by atoms with E-state index in [9.17, 15) is 0 Å². The predicted molar refractivity (Wildman–Crippen MR) is 69.1 cm³/mol. The molecule has 2 rings (SSSR count). The summed E-state index contributed by atoms with van der Waals surface area (Å²) in [6, 6.07) is 0. The molecule has 0 aromatic carbocycles. The second-order valence-corrected chi connectivity index (χ2v) is 5.60. The van der Waals surface area contributed by atoms with Crippen molar-refractivity contribution < 1.29 is 9.84 Å². The molecule has 2 aliphatic rings. The Balaban J connectivity index is 1.53. The van der Waals surface area contributed by atoms with Crippen molar-refractivity contribution in [1.29, 1.82) is 0 Å². The number of rotatable bonds is 5. The van der Waals surface area contributed by atoms with Gasteiger partial charge in [0.15, 0.2) is 0 Å². The Kier molecular flexibility index (Phi) is 5.75. The number of hydrogen-bond donors (Lipinski definition) is 1. The third-order valence-electron chi connectivity index (χ3n) is 4.26. The van der Waals surface area contributed by atoms with Crippen LogP contribution < -0.4 is 0 Å². The normalized spacial score (nSPS) is 31.6. The maximum absolute atomic E-state index is 9.08. The highest BCUT2D eigenvalue weighted by atomic mass is 16.5. The summed E-state index contributed by atoms with van der Waals surface area (Å²) < 4.78 is 5.96. The summed E-state index contributed by atoms with van der Waals surface area (Å²) in [5, 5.41) is 9.08. The molecule has 0 amide bonds. The van der Waals surface area contributed by atoms with E-state index in [0.29, 0.717) is 18.6 Å². The van der Waals surface area contributed by atoms with Crippen LogP contribution in [0.5, 0.6) is 0 Å². The summed E-state index contributed by atoms with van der Waals surface area (Å²) in [7, 11) is 0. The van der Waals surface area contributed by atoms with Crippen molar-refractivity contribution >= 4 is 0 Å². The van der Waals surface area contributed by atoms with Crippen LogP contribution in [0, 0.1) is 5.92 Å². The smallest absolute Gasteiger partial charge is 0.0597 e. The van der Waals surface area contributed by atoms with E-state index >= 15 is 0 Å². The van der Waals surface area contributed by atoms with Crippen molar-refractivity contribution in [3.63, 3.8) is 0 Å². The van der Waals surface area contributed by atoms with Gasteiger partial charge in [0.2, 0.25) is 0 Å². The number of hydrogen-bond acceptors (Lipinski definition) is 3. The van der Waals surface area contributed by atoms with E-state index < -0.39 is 0 Å². The molecule has 1 N–H and O–H groups in total. The van der Waals surface area contributed by atoms with Crippen molar-refractivity contribution in [2.75, 3.05) is 32.8 Å². The lowest BCUT2D eigenvalue weighted by molar-refractivity contribution is 0.000111. The van der Waals surface area contributed by atoms with E-state index in [0.717, 1.165) is 38.8 Å². The van der Waals surface area contributed by atoms with Crippen LogP contribution >= 0.6 is 0 Å². The van der Waals surface area contributed by atoms with Crippen molar-refractivity contribution in [3.05, 3.63) is 0 Å². The molecule has 17 heavy (non-hydrogen) atoms. The van der Waals surface area contributed by atoms with Crippen molar-refractivity contribution in [1.82, 2.24) is 4.90 Å². The van der Waals surface area contributed by atoms with Gasteiger partial charge in [-0.3, -0.25) is 0 Å². The molecule has 0 spiro atoms. The van der Waals surface area contributed by atoms with Crippen LogP contribution in [-0.4, -0.2) is 49.0 Å². The van der Waals surface area contributed by atoms with Crippen LogP contribution in [-0.2, 0) is 4.74 Å². The first-order chi connectivity index (χ1) is 8.38. The Morgan fingerprint density at radius 3 is 2.35 bits per heavy atom. The molecule has 1 aliphatic carbocycles. The molecule has 100 valence electrons. The fraction of sp³-hybridized carbons (Fsp3) is 1.00. The zero-order chi connectivity index (χ0) is 11.9. The largest absolute Gasteiger partial charge is 0.396 e. The highest BCUT2D eigenvalue weighted by molar-refractivity contribution is 4.72. The Labute approximate surface area is 105 Å². The molecule has 3 heteroatoms. The minimum Gasteiger partial charge on any atom is -0.396 e. The summed E-state index contributed by atoms with van der Waals surface area (Å²) in [5.74, 6) is 0.539. The molecule has 0 unspecified atom stereocenters. The molecular formula is C14H27NO2. The fourth-order valence-electron chi connectivity index (χ4n) is 3.01. The lowest BCUT2D eigenvalue weighted by atomic mass is 9.88. The monoisotopic (exact) mass is 241 g/mol. The van der Waals surface area contributed by atoms with Crippen LogP contribution in [0.4, 0.5) is 0 Å². The summed E-state index contributed by atoms with van der Waals surface area (Å²) in [5.41, 5.74) is 0. The molecule has 3 nitrogen and oxygen atoms in total. The predicted octanol–water partition coefficient (Wildman–Crippen LogP) is 2.04. The number of nitrogens with zero attached hydrogens (tertiary/aromatic N) is 1. The van der Waals surface area contributed by atoms with E-state index in [1.54, 1.807) is 0 Å². The van der Waals surface area contributed by atoms with Gasteiger partial charge >= 0.3 is 0 Å². The van der Waals surface area contributed by atoms with Gasteiger partial charge in [-0.25, -0.2) is 0 Å². The van der Waals surface area contributed by atoms with E-state index in [1.165, 1.54) is 32.4 Å². The van der Waals surface area contributed by atoms with Gasteiger partial charge in [0.05, 0.1) is 12.7 Å². The van der Waals surface area contributed by atoms with E-state index in [2.05, 4.69) is 4.90 Å². The molecule has 0 aromatic rings. The molecule has 1 heterocycles. The summed E-state index contributed by atoms with van der Waals surface area (Å²) in [4.78, 5) is 2.53. The zero-order valence-corrected chi connectivity index (χ0v) is 10.9. The zero-order valence-electron chi connectivity index (χ0n) is 10.9. The maximum atomic E-state index is 9.08. The van der Waals surface area contributed by atoms with Crippen LogP contribution in [0.2, 0.25) is 0 Å². The van der Waals surface area contributed by atoms with Crippen molar-refractivity contribution in [3.8, 4) is 0 Å². The van der Waals surface area contributed by atoms with Crippen LogP contribution in [0.1, 0.15) is 44.9 Å². The first-order valence-corrected chi connectivity index (χ1v) is 7.33. The number of ether oxygens (including phenoxy) is 1. The van der Waals surface area contributed by atoms with Gasteiger partial charge < -0.3 is 14.7 Å². The van der Waals surface area contributed by atoms with Gasteiger partial charge in [-0.1, -0.05) is 6.42 Å². The highest BCUT2D eigenvalue weighted by Gasteiger charge is 2.21. The second kappa shape index (κ2) is 7.34. The van der Waals surface area contributed by atoms with Crippen LogP contribution in [0.3, 0.4) is 0 Å². The molecular weight excluding hydrogens is 214 g/mol. The first-order valence-electron chi connectivity index (χ1n) is 7.33. The number of likely N-dealkylation sites (tertiary alicyclic amines) is 1. The number of aliphatic hydroxyl groups is 1. The topological polar surface area (TPSA) is 32.7 Å².